The molecule has 7 heteroatoms. The van der Waals surface area contributed by atoms with Crippen LogP contribution < -0.4 is 5.32 Å². The molecule has 1 N–H and O–H groups in total. The molecule has 0 atom stereocenters. The van der Waals surface area contributed by atoms with Gasteiger partial charge in [-0.15, -0.1) is 0 Å². The lowest BCUT2D eigenvalue weighted by Gasteiger charge is -2.09. The monoisotopic (exact) mass is 289 g/mol. The second-order valence-corrected chi connectivity index (χ2v) is 4.31. The van der Waals surface area contributed by atoms with Gasteiger partial charge in [-0.2, -0.15) is 5.26 Å². The zero-order chi connectivity index (χ0) is 15.6. The lowest BCUT2D eigenvalue weighted by molar-refractivity contribution is -0.385. The van der Waals surface area contributed by atoms with E-state index in [4.69, 9.17) is 5.26 Å². The Hall–Kier alpha value is -3.01. The van der Waals surface area contributed by atoms with Gasteiger partial charge in [0.1, 0.15) is 5.69 Å². The van der Waals surface area contributed by atoms with Crippen molar-refractivity contribution in [2.75, 3.05) is 5.32 Å². The molecule has 0 fully saturated rings. The number of nitrogens with one attached hydrogen (secondary N) is 1. The smallest absolute Gasteiger partial charge is 0.274 e. The topological polar surface area (TPSA) is 79.0 Å². The van der Waals surface area contributed by atoms with Crippen molar-refractivity contribution in [1.29, 1.82) is 5.26 Å². The summed E-state index contributed by atoms with van der Waals surface area (Å²) in [5.41, 5.74) is -0.159. The summed E-state index contributed by atoms with van der Waals surface area (Å²) in [6, 6.07) is 7.53. The zero-order valence-corrected chi connectivity index (χ0v) is 10.9. The van der Waals surface area contributed by atoms with Crippen LogP contribution in [-0.2, 0) is 0 Å². The number of hydrogen-bond acceptors (Lipinski definition) is 4. The van der Waals surface area contributed by atoms with Gasteiger partial charge in [0.05, 0.1) is 16.6 Å². The van der Waals surface area contributed by atoms with Crippen LogP contribution in [0.25, 0.3) is 0 Å². The molecular formula is C14H9F2N3O2. The molecule has 2 aromatic rings. The van der Waals surface area contributed by atoms with E-state index in [1.54, 1.807) is 13.0 Å². The molecule has 0 aliphatic heterocycles. The van der Waals surface area contributed by atoms with Gasteiger partial charge >= 0.3 is 0 Å². The predicted octanol–water partition coefficient (Wildman–Crippen LogP) is 3.80. The van der Waals surface area contributed by atoms with Crippen molar-refractivity contribution in [3.63, 3.8) is 0 Å². The molecule has 0 saturated heterocycles. The molecule has 5 nitrogen and oxygen atoms in total. The summed E-state index contributed by atoms with van der Waals surface area (Å²) >= 11 is 0. The molecule has 2 aromatic carbocycles. The number of benzene rings is 2. The maximum absolute atomic E-state index is 13.7. The van der Waals surface area contributed by atoms with Gasteiger partial charge in [-0.3, -0.25) is 10.1 Å². The van der Waals surface area contributed by atoms with Gasteiger partial charge in [-0.25, -0.2) is 8.78 Å². The summed E-state index contributed by atoms with van der Waals surface area (Å²) in [6.07, 6.45) is 0. The molecule has 0 aliphatic rings. The van der Waals surface area contributed by atoms with Crippen LogP contribution in [0.2, 0.25) is 0 Å². The van der Waals surface area contributed by atoms with Gasteiger partial charge in [0.15, 0.2) is 11.6 Å². The molecule has 0 spiro atoms. The number of nitro benzene ring substituents is 1. The first-order valence-electron chi connectivity index (χ1n) is 5.83. The van der Waals surface area contributed by atoms with Crippen molar-refractivity contribution >= 4 is 17.1 Å². The van der Waals surface area contributed by atoms with Crippen LogP contribution in [0.15, 0.2) is 30.3 Å². The van der Waals surface area contributed by atoms with Crippen molar-refractivity contribution in [2.24, 2.45) is 0 Å². The highest BCUT2D eigenvalue weighted by Gasteiger charge is 2.15. The minimum atomic E-state index is -0.949. The maximum Gasteiger partial charge on any atom is 0.274 e. The Morgan fingerprint density at radius 1 is 1.24 bits per heavy atom. The minimum absolute atomic E-state index is 0.148. The van der Waals surface area contributed by atoms with Gasteiger partial charge in [0.2, 0.25) is 0 Å². The number of hydrogen-bond donors (Lipinski definition) is 1. The van der Waals surface area contributed by atoms with Crippen LogP contribution in [-0.4, -0.2) is 4.92 Å². The summed E-state index contributed by atoms with van der Waals surface area (Å²) < 4.78 is 27.5. The summed E-state index contributed by atoms with van der Waals surface area (Å²) in [5, 5.41) is 21.9. The van der Waals surface area contributed by atoms with E-state index in [1.807, 2.05) is 0 Å². The maximum atomic E-state index is 13.7. The summed E-state index contributed by atoms with van der Waals surface area (Å²) in [7, 11) is 0. The molecule has 21 heavy (non-hydrogen) atoms. The number of halogens is 2. The third-order valence-electron chi connectivity index (χ3n) is 2.85. The average molecular weight is 289 g/mol. The molecule has 0 aromatic heterocycles. The molecule has 0 radical (unpaired) electrons. The van der Waals surface area contributed by atoms with Crippen LogP contribution in [0.1, 0.15) is 11.1 Å². The van der Waals surface area contributed by atoms with Gasteiger partial charge in [0, 0.05) is 17.3 Å². The third-order valence-corrected chi connectivity index (χ3v) is 2.85. The third kappa shape index (κ3) is 2.95. The first-order valence-corrected chi connectivity index (χ1v) is 5.83. The molecule has 0 saturated carbocycles. The van der Waals surface area contributed by atoms with Gasteiger partial charge < -0.3 is 5.32 Å². The quantitative estimate of drug-likeness (QED) is 0.688. The van der Waals surface area contributed by atoms with Crippen molar-refractivity contribution in [3.8, 4) is 6.07 Å². The Bertz CT molecular complexity index is 746. The Kier molecular flexibility index (Phi) is 3.80. The van der Waals surface area contributed by atoms with E-state index in [1.165, 1.54) is 18.2 Å². The Morgan fingerprint density at radius 3 is 2.38 bits per heavy atom. The van der Waals surface area contributed by atoms with Crippen LogP contribution in [0.5, 0.6) is 0 Å². The SMILES string of the molecule is Cc1ccc(Nc2c(F)cc(C#N)cc2F)cc1[N+](=O)[O-]. The standard InChI is InChI=1S/C14H9F2N3O2/c1-8-2-3-10(6-13(8)19(20)21)18-14-11(15)4-9(7-17)5-12(14)16/h2-6,18H,1H3. The number of nitriles is 1. The van der Waals surface area contributed by atoms with Crippen molar-refractivity contribution in [2.45, 2.75) is 6.92 Å². The van der Waals surface area contributed by atoms with Crippen LogP contribution in [0, 0.1) is 40.0 Å². The van der Waals surface area contributed by atoms with Gasteiger partial charge in [-0.1, -0.05) is 6.07 Å². The number of aryl methyl sites for hydroxylation is 1. The van der Waals surface area contributed by atoms with Crippen molar-refractivity contribution in [3.05, 3.63) is 63.2 Å². The first-order chi connectivity index (χ1) is 9.92. The van der Waals surface area contributed by atoms with E-state index in [0.717, 1.165) is 12.1 Å². The highest BCUT2D eigenvalue weighted by Crippen LogP contribution is 2.28. The molecule has 0 heterocycles. The fraction of sp³-hybridized carbons (Fsp3) is 0.0714. The van der Waals surface area contributed by atoms with Gasteiger partial charge in [-0.05, 0) is 25.1 Å². The predicted molar refractivity (Wildman–Crippen MR) is 72.2 cm³/mol. The summed E-state index contributed by atoms with van der Waals surface area (Å²) in [6.45, 7) is 1.56. The van der Waals surface area contributed by atoms with Crippen LogP contribution >= 0.6 is 0 Å². The zero-order valence-electron chi connectivity index (χ0n) is 10.9. The fourth-order valence-electron chi connectivity index (χ4n) is 1.79. The average Bonchev–Trinajstić information content (AvgIpc) is 2.43. The van der Waals surface area contributed by atoms with Crippen LogP contribution in [0.3, 0.4) is 0 Å². The van der Waals surface area contributed by atoms with Crippen LogP contribution in [0.4, 0.5) is 25.8 Å². The summed E-state index contributed by atoms with van der Waals surface area (Å²) in [5.74, 6) is -1.90. The fourth-order valence-corrected chi connectivity index (χ4v) is 1.79. The molecular weight excluding hydrogens is 280 g/mol. The Balaban J connectivity index is 2.42. The Labute approximate surface area is 118 Å². The molecule has 0 aliphatic carbocycles. The number of nitrogens with zero attached hydrogens (tertiary/aromatic N) is 2. The van der Waals surface area contributed by atoms with E-state index < -0.39 is 22.2 Å². The van der Waals surface area contributed by atoms with E-state index in [0.29, 0.717) is 5.56 Å². The highest BCUT2D eigenvalue weighted by molar-refractivity contribution is 5.65. The normalized spacial score (nSPS) is 10.0. The number of rotatable bonds is 3. The minimum Gasteiger partial charge on any atom is -0.351 e. The van der Waals surface area contributed by atoms with E-state index in [9.17, 15) is 18.9 Å². The number of nitro groups is 1. The molecule has 2 rings (SSSR count). The molecule has 0 bridgehead atoms. The van der Waals surface area contributed by atoms with Crippen molar-refractivity contribution in [1.82, 2.24) is 0 Å². The first kappa shape index (κ1) is 14.4. The van der Waals surface area contributed by atoms with E-state index in [-0.39, 0.29) is 16.9 Å². The Morgan fingerprint density at radius 2 is 1.86 bits per heavy atom. The number of anilines is 2. The largest absolute Gasteiger partial charge is 0.351 e. The second kappa shape index (κ2) is 5.54. The molecule has 0 unspecified atom stereocenters. The highest BCUT2D eigenvalue weighted by atomic mass is 19.1. The lowest BCUT2D eigenvalue weighted by Crippen LogP contribution is -2.00. The van der Waals surface area contributed by atoms with Crippen molar-refractivity contribution < 1.29 is 13.7 Å². The van der Waals surface area contributed by atoms with Gasteiger partial charge in [0.25, 0.3) is 5.69 Å². The molecule has 106 valence electrons. The van der Waals surface area contributed by atoms with E-state index in [2.05, 4.69) is 5.32 Å². The molecule has 0 amide bonds. The summed E-state index contributed by atoms with van der Waals surface area (Å²) in [4.78, 5) is 10.3. The lowest BCUT2D eigenvalue weighted by atomic mass is 10.1. The second-order valence-electron chi connectivity index (χ2n) is 4.31. The van der Waals surface area contributed by atoms with E-state index >= 15 is 0 Å².